The van der Waals surface area contributed by atoms with E-state index < -0.39 is 21.7 Å². The molecule has 0 N–H and O–H groups in total. The third kappa shape index (κ3) is 3.02. The lowest BCUT2D eigenvalue weighted by Gasteiger charge is -2.12. The van der Waals surface area contributed by atoms with E-state index in [0.717, 1.165) is 15.7 Å². The SMILES string of the molecule is Cc1ccc(S(=O)(=O)n2c(-c3ccc(F)cc3)c(Br)c3cc(F)cnc32)cc1. The topological polar surface area (TPSA) is 52.0 Å². The first-order chi connectivity index (χ1) is 13.3. The first-order valence-corrected chi connectivity index (χ1v) is 10.5. The van der Waals surface area contributed by atoms with Gasteiger partial charge in [-0.25, -0.2) is 26.2 Å². The highest BCUT2D eigenvalue weighted by molar-refractivity contribution is 9.10. The molecule has 2 aromatic heterocycles. The van der Waals surface area contributed by atoms with Crippen molar-refractivity contribution in [2.24, 2.45) is 0 Å². The van der Waals surface area contributed by atoms with Gasteiger partial charge in [0.2, 0.25) is 0 Å². The molecule has 4 aromatic rings. The zero-order valence-electron chi connectivity index (χ0n) is 14.5. The van der Waals surface area contributed by atoms with Gasteiger partial charge in [-0.05, 0) is 65.3 Å². The number of hydrogen-bond donors (Lipinski definition) is 0. The third-order valence-corrected chi connectivity index (χ3v) is 6.86. The van der Waals surface area contributed by atoms with Crippen LogP contribution in [-0.4, -0.2) is 17.4 Å². The number of aryl methyl sites for hydroxylation is 1. The van der Waals surface area contributed by atoms with Gasteiger partial charge in [0.15, 0.2) is 5.65 Å². The van der Waals surface area contributed by atoms with Gasteiger partial charge in [0.1, 0.15) is 11.6 Å². The summed E-state index contributed by atoms with van der Waals surface area (Å²) in [5, 5.41) is 0.301. The van der Waals surface area contributed by atoms with Gasteiger partial charge in [0.05, 0.1) is 21.3 Å². The summed E-state index contributed by atoms with van der Waals surface area (Å²) < 4.78 is 55.5. The fourth-order valence-electron chi connectivity index (χ4n) is 2.98. The van der Waals surface area contributed by atoms with Crippen molar-refractivity contribution in [2.75, 3.05) is 0 Å². The summed E-state index contributed by atoms with van der Waals surface area (Å²) in [5.74, 6) is -1.04. The maximum absolute atomic E-state index is 13.8. The number of pyridine rings is 1. The Balaban J connectivity index is 2.10. The zero-order valence-corrected chi connectivity index (χ0v) is 16.9. The van der Waals surface area contributed by atoms with E-state index >= 15 is 0 Å². The van der Waals surface area contributed by atoms with E-state index in [0.29, 0.717) is 15.4 Å². The Kier molecular flexibility index (Phi) is 4.55. The van der Waals surface area contributed by atoms with Crippen LogP contribution in [0, 0.1) is 18.6 Å². The van der Waals surface area contributed by atoms with Gasteiger partial charge < -0.3 is 0 Å². The second-order valence-electron chi connectivity index (χ2n) is 6.28. The first kappa shape index (κ1) is 18.8. The molecule has 0 unspecified atom stereocenters. The smallest absolute Gasteiger partial charge is 0.234 e. The molecule has 8 heteroatoms. The number of aromatic nitrogens is 2. The van der Waals surface area contributed by atoms with Crippen LogP contribution in [0.2, 0.25) is 0 Å². The van der Waals surface area contributed by atoms with Crippen LogP contribution < -0.4 is 0 Å². The van der Waals surface area contributed by atoms with Crippen LogP contribution in [-0.2, 0) is 10.0 Å². The molecule has 0 atom stereocenters. The summed E-state index contributed by atoms with van der Waals surface area (Å²) in [6.07, 6.45) is 0.963. The molecule has 0 saturated heterocycles. The van der Waals surface area contributed by atoms with Crippen LogP contribution >= 0.6 is 15.9 Å². The molecule has 0 saturated carbocycles. The molecule has 2 heterocycles. The molecule has 2 aromatic carbocycles. The van der Waals surface area contributed by atoms with Crippen molar-refractivity contribution in [2.45, 2.75) is 11.8 Å². The van der Waals surface area contributed by atoms with E-state index in [1.165, 1.54) is 42.5 Å². The van der Waals surface area contributed by atoms with Gasteiger partial charge in [0, 0.05) is 10.9 Å². The number of fused-ring (bicyclic) bond motifs is 1. The van der Waals surface area contributed by atoms with Gasteiger partial charge in [-0.3, -0.25) is 0 Å². The van der Waals surface area contributed by atoms with Crippen molar-refractivity contribution in [3.05, 3.63) is 82.5 Å². The van der Waals surface area contributed by atoms with E-state index in [1.807, 2.05) is 6.92 Å². The average molecular weight is 463 g/mol. The molecule has 142 valence electrons. The quantitative estimate of drug-likeness (QED) is 0.415. The molecule has 4 rings (SSSR count). The van der Waals surface area contributed by atoms with Crippen LogP contribution in [0.3, 0.4) is 0 Å². The highest BCUT2D eigenvalue weighted by atomic mass is 79.9. The molecule has 0 aliphatic heterocycles. The Morgan fingerprint density at radius 2 is 1.61 bits per heavy atom. The molecule has 0 aliphatic rings. The van der Waals surface area contributed by atoms with Crippen molar-refractivity contribution in [3.8, 4) is 11.3 Å². The van der Waals surface area contributed by atoms with Gasteiger partial charge in [-0.2, -0.15) is 0 Å². The molecule has 0 fully saturated rings. The fraction of sp³-hybridized carbons (Fsp3) is 0.0500. The maximum atomic E-state index is 13.8. The first-order valence-electron chi connectivity index (χ1n) is 8.22. The van der Waals surface area contributed by atoms with Crippen LogP contribution in [0.5, 0.6) is 0 Å². The lowest BCUT2D eigenvalue weighted by atomic mass is 10.1. The van der Waals surface area contributed by atoms with Crippen LogP contribution in [0.15, 0.2) is 70.2 Å². The van der Waals surface area contributed by atoms with E-state index in [2.05, 4.69) is 20.9 Å². The number of rotatable bonds is 3. The molecular weight excluding hydrogens is 450 g/mol. The van der Waals surface area contributed by atoms with E-state index in [4.69, 9.17) is 0 Å². The zero-order chi connectivity index (χ0) is 20.1. The predicted molar refractivity (Wildman–Crippen MR) is 107 cm³/mol. The number of hydrogen-bond acceptors (Lipinski definition) is 3. The average Bonchev–Trinajstić information content (AvgIpc) is 2.96. The standard InChI is InChI=1S/C20H13BrF2N2O2S/c1-12-2-8-16(9-3-12)28(26,27)25-19(13-4-6-14(22)7-5-13)18(21)17-10-15(23)11-24-20(17)25/h2-11H,1H3. The minimum atomic E-state index is -4.06. The Hall–Kier alpha value is -2.58. The van der Waals surface area contributed by atoms with Gasteiger partial charge in [0.25, 0.3) is 10.0 Å². The Morgan fingerprint density at radius 1 is 0.964 bits per heavy atom. The predicted octanol–water partition coefficient (Wildman–Crippen LogP) is 5.29. The summed E-state index contributed by atoms with van der Waals surface area (Å²) in [6.45, 7) is 1.85. The molecule has 0 amide bonds. The van der Waals surface area contributed by atoms with Crippen LogP contribution in [0.4, 0.5) is 8.78 Å². The minimum Gasteiger partial charge on any atom is -0.234 e. The van der Waals surface area contributed by atoms with Crippen molar-refractivity contribution < 1.29 is 17.2 Å². The Morgan fingerprint density at radius 3 is 2.25 bits per heavy atom. The Bertz CT molecular complexity index is 1300. The minimum absolute atomic E-state index is 0.0667. The number of benzene rings is 2. The molecule has 28 heavy (non-hydrogen) atoms. The molecule has 0 bridgehead atoms. The second-order valence-corrected chi connectivity index (χ2v) is 8.86. The van der Waals surface area contributed by atoms with Gasteiger partial charge in [-0.15, -0.1) is 0 Å². The number of nitrogens with zero attached hydrogens (tertiary/aromatic N) is 2. The van der Waals surface area contributed by atoms with Gasteiger partial charge >= 0.3 is 0 Å². The van der Waals surface area contributed by atoms with E-state index in [-0.39, 0.29) is 16.2 Å². The van der Waals surface area contributed by atoms with Crippen molar-refractivity contribution >= 4 is 37.0 Å². The summed E-state index contributed by atoms with van der Waals surface area (Å²) in [4.78, 5) is 4.09. The summed E-state index contributed by atoms with van der Waals surface area (Å²) in [7, 11) is -4.06. The highest BCUT2D eigenvalue weighted by Gasteiger charge is 2.28. The van der Waals surface area contributed by atoms with Crippen LogP contribution in [0.1, 0.15) is 5.56 Å². The lowest BCUT2D eigenvalue weighted by molar-refractivity contribution is 0.589. The van der Waals surface area contributed by atoms with Crippen molar-refractivity contribution in [1.82, 2.24) is 8.96 Å². The van der Waals surface area contributed by atoms with E-state index in [1.54, 1.807) is 12.1 Å². The van der Waals surface area contributed by atoms with Crippen molar-refractivity contribution in [1.29, 1.82) is 0 Å². The molecular formula is C20H13BrF2N2O2S. The highest BCUT2D eigenvalue weighted by Crippen LogP contribution is 2.39. The Labute approximate surface area is 168 Å². The third-order valence-electron chi connectivity index (χ3n) is 4.35. The normalized spacial score (nSPS) is 11.9. The number of halogens is 3. The van der Waals surface area contributed by atoms with Crippen LogP contribution in [0.25, 0.3) is 22.3 Å². The molecule has 0 spiro atoms. The molecule has 4 nitrogen and oxygen atoms in total. The lowest BCUT2D eigenvalue weighted by Crippen LogP contribution is -2.15. The monoisotopic (exact) mass is 462 g/mol. The summed E-state index contributed by atoms with van der Waals surface area (Å²) >= 11 is 3.38. The second kappa shape index (κ2) is 6.79. The molecule has 0 radical (unpaired) electrons. The van der Waals surface area contributed by atoms with Crippen molar-refractivity contribution in [3.63, 3.8) is 0 Å². The van der Waals surface area contributed by atoms with Gasteiger partial charge in [-0.1, -0.05) is 17.7 Å². The largest absolute Gasteiger partial charge is 0.269 e. The van der Waals surface area contributed by atoms with E-state index in [9.17, 15) is 17.2 Å². The summed E-state index contributed by atoms with van der Waals surface area (Å²) in [5.41, 5.74) is 1.68. The maximum Gasteiger partial charge on any atom is 0.269 e. The fourth-order valence-corrected chi connectivity index (χ4v) is 5.30. The summed E-state index contributed by atoms with van der Waals surface area (Å²) in [6, 6.07) is 13.0. The molecule has 0 aliphatic carbocycles.